The van der Waals surface area contributed by atoms with Crippen LogP contribution in [0.4, 0.5) is 5.82 Å². The van der Waals surface area contributed by atoms with Gasteiger partial charge in [0.2, 0.25) is 5.88 Å². The van der Waals surface area contributed by atoms with Gasteiger partial charge in [-0.2, -0.15) is 0 Å². The van der Waals surface area contributed by atoms with Gasteiger partial charge in [-0.25, -0.2) is 9.97 Å². The Balaban J connectivity index is 2.09. The van der Waals surface area contributed by atoms with Crippen LogP contribution in [0.15, 0.2) is 48.8 Å². The summed E-state index contributed by atoms with van der Waals surface area (Å²) in [5.74, 6) is 1.95. The Bertz CT molecular complexity index is 779. The maximum absolute atomic E-state index is 6.03. The van der Waals surface area contributed by atoms with Crippen molar-refractivity contribution in [1.82, 2.24) is 9.97 Å². The summed E-state index contributed by atoms with van der Waals surface area (Å²) >= 11 is 0. The predicted molar refractivity (Wildman–Crippen MR) is 84.6 cm³/mol. The minimum absolute atomic E-state index is 0.191. The van der Waals surface area contributed by atoms with Crippen LogP contribution in [0.3, 0.4) is 0 Å². The van der Waals surface area contributed by atoms with Crippen molar-refractivity contribution in [3.63, 3.8) is 0 Å². The van der Waals surface area contributed by atoms with Gasteiger partial charge in [0.15, 0.2) is 0 Å². The zero-order valence-electron chi connectivity index (χ0n) is 12.1. The number of nitrogens with zero attached hydrogens (tertiary/aromatic N) is 2. The van der Waals surface area contributed by atoms with Gasteiger partial charge in [0.05, 0.1) is 5.56 Å². The first-order valence-electron chi connectivity index (χ1n) is 6.93. The number of nitrogen functional groups attached to an aromatic ring is 1. The number of hydrogen-bond acceptors (Lipinski definition) is 4. The summed E-state index contributed by atoms with van der Waals surface area (Å²) in [6, 6.07) is 14.0. The molecule has 0 atom stereocenters. The summed E-state index contributed by atoms with van der Waals surface area (Å²) in [6.07, 6.45) is 1.43. The van der Waals surface area contributed by atoms with Crippen molar-refractivity contribution in [2.24, 2.45) is 0 Å². The Kier molecular flexibility index (Phi) is 3.44. The van der Waals surface area contributed by atoms with Crippen LogP contribution < -0.4 is 10.5 Å². The molecule has 2 aromatic carbocycles. The molecule has 0 spiro atoms. The largest absolute Gasteiger partial charge is 0.438 e. The highest BCUT2D eigenvalue weighted by atomic mass is 16.5. The molecular formula is C17H17N3O. The number of nitrogens with two attached hydrogens (primary N) is 1. The van der Waals surface area contributed by atoms with Gasteiger partial charge in [-0.05, 0) is 17.4 Å². The molecule has 0 aliphatic heterocycles. The predicted octanol–water partition coefficient (Wildman–Crippen LogP) is 4.13. The van der Waals surface area contributed by atoms with E-state index in [4.69, 9.17) is 10.5 Å². The first kappa shape index (κ1) is 13.4. The molecule has 0 aliphatic rings. The molecule has 0 radical (unpaired) electrons. The number of fused-ring (bicyclic) bond motifs is 1. The standard InChI is InChI=1S/C17H17N3O/c1-11(2)15-16(18)19-10-20-17(15)21-14-9-5-7-12-6-3-4-8-13(12)14/h3-11H,1-2H3,(H2,18,19,20). The van der Waals surface area contributed by atoms with Gasteiger partial charge >= 0.3 is 0 Å². The van der Waals surface area contributed by atoms with Crippen LogP contribution in [0.25, 0.3) is 10.8 Å². The summed E-state index contributed by atoms with van der Waals surface area (Å²) < 4.78 is 6.03. The molecule has 0 amide bonds. The van der Waals surface area contributed by atoms with Crippen molar-refractivity contribution in [3.8, 4) is 11.6 Å². The Labute approximate surface area is 123 Å². The van der Waals surface area contributed by atoms with Crippen molar-refractivity contribution < 1.29 is 4.74 Å². The van der Waals surface area contributed by atoms with Crippen molar-refractivity contribution in [2.75, 3.05) is 5.73 Å². The van der Waals surface area contributed by atoms with E-state index in [1.165, 1.54) is 6.33 Å². The maximum Gasteiger partial charge on any atom is 0.227 e. The third kappa shape index (κ3) is 2.52. The highest BCUT2D eigenvalue weighted by molar-refractivity contribution is 5.88. The number of ether oxygens (including phenoxy) is 1. The van der Waals surface area contributed by atoms with Crippen molar-refractivity contribution in [3.05, 3.63) is 54.4 Å². The molecule has 3 aromatic rings. The van der Waals surface area contributed by atoms with Gasteiger partial charge in [0.1, 0.15) is 17.9 Å². The molecule has 0 saturated carbocycles. The SMILES string of the molecule is CC(C)c1c(N)ncnc1Oc1cccc2ccccc12. The molecule has 1 aromatic heterocycles. The lowest BCUT2D eigenvalue weighted by Crippen LogP contribution is -2.04. The van der Waals surface area contributed by atoms with Crippen molar-refractivity contribution in [2.45, 2.75) is 19.8 Å². The Morgan fingerprint density at radius 1 is 1.00 bits per heavy atom. The number of anilines is 1. The molecule has 1 heterocycles. The van der Waals surface area contributed by atoms with Crippen molar-refractivity contribution >= 4 is 16.6 Å². The fourth-order valence-electron chi connectivity index (χ4n) is 2.41. The fourth-order valence-corrected chi connectivity index (χ4v) is 2.41. The summed E-state index contributed by atoms with van der Waals surface area (Å²) in [5, 5.41) is 2.18. The second kappa shape index (κ2) is 5.40. The van der Waals surface area contributed by atoms with E-state index in [0.29, 0.717) is 11.7 Å². The third-order valence-electron chi connectivity index (χ3n) is 3.41. The lowest BCUT2D eigenvalue weighted by Gasteiger charge is -2.14. The molecule has 0 fully saturated rings. The van der Waals surface area contributed by atoms with E-state index in [9.17, 15) is 0 Å². The van der Waals surface area contributed by atoms with E-state index in [2.05, 4.69) is 22.1 Å². The highest BCUT2D eigenvalue weighted by Gasteiger charge is 2.15. The van der Waals surface area contributed by atoms with E-state index < -0.39 is 0 Å². The van der Waals surface area contributed by atoms with Gasteiger partial charge in [0.25, 0.3) is 0 Å². The second-order valence-corrected chi connectivity index (χ2v) is 5.21. The molecule has 106 valence electrons. The monoisotopic (exact) mass is 279 g/mol. The molecule has 0 bridgehead atoms. The Hall–Kier alpha value is -2.62. The third-order valence-corrected chi connectivity index (χ3v) is 3.41. The molecule has 3 rings (SSSR count). The van der Waals surface area contributed by atoms with Crippen LogP contribution in [0.1, 0.15) is 25.3 Å². The van der Waals surface area contributed by atoms with Gasteiger partial charge in [-0.1, -0.05) is 50.2 Å². The van der Waals surface area contributed by atoms with E-state index in [1.807, 2.05) is 44.2 Å². The van der Waals surface area contributed by atoms with Crippen LogP contribution in [-0.4, -0.2) is 9.97 Å². The zero-order valence-corrected chi connectivity index (χ0v) is 12.1. The number of aromatic nitrogens is 2. The van der Waals surface area contributed by atoms with Crippen LogP contribution >= 0.6 is 0 Å². The van der Waals surface area contributed by atoms with Crippen LogP contribution in [0.5, 0.6) is 11.6 Å². The van der Waals surface area contributed by atoms with Crippen LogP contribution in [0, 0.1) is 0 Å². The quantitative estimate of drug-likeness (QED) is 0.783. The van der Waals surface area contributed by atoms with Gasteiger partial charge in [-0.3, -0.25) is 0 Å². The molecule has 0 unspecified atom stereocenters. The average Bonchev–Trinajstić information content (AvgIpc) is 2.47. The lowest BCUT2D eigenvalue weighted by molar-refractivity contribution is 0.457. The van der Waals surface area contributed by atoms with E-state index >= 15 is 0 Å². The molecule has 0 aliphatic carbocycles. The summed E-state index contributed by atoms with van der Waals surface area (Å²) in [7, 11) is 0. The second-order valence-electron chi connectivity index (χ2n) is 5.21. The number of hydrogen-bond donors (Lipinski definition) is 1. The molecule has 4 heteroatoms. The highest BCUT2D eigenvalue weighted by Crippen LogP contribution is 2.34. The minimum atomic E-state index is 0.191. The van der Waals surface area contributed by atoms with Crippen molar-refractivity contribution in [1.29, 1.82) is 0 Å². The molecular weight excluding hydrogens is 262 g/mol. The number of benzene rings is 2. The van der Waals surface area contributed by atoms with Gasteiger partial charge < -0.3 is 10.5 Å². The van der Waals surface area contributed by atoms with E-state index in [0.717, 1.165) is 22.1 Å². The minimum Gasteiger partial charge on any atom is -0.438 e. The topological polar surface area (TPSA) is 61.0 Å². The first-order valence-corrected chi connectivity index (χ1v) is 6.93. The smallest absolute Gasteiger partial charge is 0.227 e. The molecule has 2 N–H and O–H groups in total. The normalized spacial score (nSPS) is 11.0. The fraction of sp³-hybridized carbons (Fsp3) is 0.176. The lowest BCUT2D eigenvalue weighted by atomic mass is 10.1. The molecule has 21 heavy (non-hydrogen) atoms. The maximum atomic E-state index is 6.03. The summed E-state index contributed by atoms with van der Waals surface area (Å²) in [5.41, 5.74) is 6.80. The first-order chi connectivity index (χ1) is 10.2. The van der Waals surface area contributed by atoms with Gasteiger partial charge in [-0.15, -0.1) is 0 Å². The summed E-state index contributed by atoms with van der Waals surface area (Å²) in [6.45, 7) is 4.09. The Morgan fingerprint density at radius 3 is 2.57 bits per heavy atom. The average molecular weight is 279 g/mol. The molecule has 4 nitrogen and oxygen atoms in total. The summed E-state index contributed by atoms with van der Waals surface area (Å²) in [4.78, 5) is 8.30. The van der Waals surface area contributed by atoms with E-state index in [1.54, 1.807) is 0 Å². The van der Waals surface area contributed by atoms with Crippen LogP contribution in [0.2, 0.25) is 0 Å². The zero-order chi connectivity index (χ0) is 14.8. The van der Waals surface area contributed by atoms with Gasteiger partial charge in [0, 0.05) is 5.39 Å². The van der Waals surface area contributed by atoms with Crippen LogP contribution in [-0.2, 0) is 0 Å². The number of rotatable bonds is 3. The molecule has 0 saturated heterocycles. The van der Waals surface area contributed by atoms with E-state index in [-0.39, 0.29) is 5.92 Å². The Morgan fingerprint density at radius 2 is 1.76 bits per heavy atom.